The molecule has 5 nitrogen and oxygen atoms in total. The first-order chi connectivity index (χ1) is 8.18. The van der Waals surface area contributed by atoms with Gasteiger partial charge in [-0.1, -0.05) is 0 Å². The molecular formula is C12H21N3O2. The molecule has 5 heteroatoms. The third-order valence-electron chi connectivity index (χ3n) is 3.83. The monoisotopic (exact) mass is 239 g/mol. The number of nitrogens with two attached hydrogens (primary N) is 1. The molecule has 1 aliphatic heterocycles. The minimum absolute atomic E-state index is 0.0332. The van der Waals surface area contributed by atoms with Gasteiger partial charge in [0.25, 0.3) is 0 Å². The Kier molecular flexibility index (Phi) is 3.66. The van der Waals surface area contributed by atoms with Crippen LogP contribution in [0.25, 0.3) is 0 Å². The number of carbonyl (C=O) groups is 2. The van der Waals surface area contributed by atoms with E-state index >= 15 is 0 Å². The van der Waals surface area contributed by atoms with Crippen LogP contribution in [-0.4, -0.2) is 42.9 Å². The van der Waals surface area contributed by atoms with Crippen LogP contribution in [0.15, 0.2) is 0 Å². The normalized spacial score (nSPS) is 22.1. The summed E-state index contributed by atoms with van der Waals surface area (Å²) in [6.45, 7) is 2.17. The molecule has 1 heterocycles. The van der Waals surface area contributed by atoms with Gasteiger partial charge in [-0.3, -0.25) is 9.59 Å². The van der Waals surface area contributed by atoms with Gasteiger partial charge in [-0.2, -0.15) is 0 Å². The largest absolute Gasteiger partial charge is 0.347 e. The summed E-state index contributed by atoms with van der Waals surface area (Å²) in [4.78, 5) is 25.4. The highest BCUT2D eigenvalue weighted by molar-refractivity contribution is 5.89. The molecule has 1 aliphatic carbocycles. The maximum absolute atomic E-state index is 11.8. The number of piperidine rings is 1. The van der Waals surface area contributed by atoms with Crippen molar-refractivity contribution in [1.82, 2.24) is 10.2 Å². The van der Waals surface area contributed by atoms with Crippen LogP contribution >= 0.6 is 0 Å². The number of likely N-dealkylation sites (tertiary alicyclic amines) is 1. The Hall–Kier alpha value is -1.10. The quantitative estimate of drug-likeness (QED) is 0.716. The number of carbonyl (C=O) groups excluding carboxylic acids is 2. The van der Waals surface area contributed by atoms with Crippen molar-refractivity contribution in [1.29, 1.82) is 0 Å². The minimum Gasteiger partial charge on any atom is -0.347 e. The fraction of sp³-hybridized carbons (Fsp3) is 0.833. The first-order valence-corrected chi connectivity index (χ1v) is 6.44. The van der Waals surface area contributed by atoms with E-state index in [1.807, 2.05) is 4.90 Å². The molecule has 0 atom stereocenters. The first-order valence-electron chi connectivity index (χ1n) is 6.44. The summed E-state index contributed by atoms with van der Waals surface area (Å²) in [7, 11) is 0. The van der Waals surface area contributed by atoms with Gasteiger partial charge < -0.3 is 16.0 Å². The van der Waals surface area contributed by atoms with Crippen LogP contribution in [0.5, 0.6) is 0 Å². The van der Waals surface area contributed by atoms with Crippen molar-refractivity contribution in [2.75, 3.05) is 26.2 Å². The highest BCUT2D eigenvalue weighted by atomic mass is 16.2. The molecule has 17 heavy (non-hydrogen) atoms. The fourth-order valence-electron chi connectivity index (χ4n) is 2.27. The Labute approximate surface area is 102 Å². The molecular weight excluding hydrogens is 218 g/mol. The Morgan fingerprint density at radius 3 is 2.35 bits per heavy atom. The third-order valence-corrected chi connectivity index (χ3v) is 3.83. The van der Waals surface area contributed by atoms with E-state index in [-0.39, 0.29) is 23.8 Å². The second-order valence-electron chi connectivity index (χ2n) is 5.11. The molecule has 0 unspecified atom stereocenters. The van der Waals surface area contributed by atoms with Crippen LogP contribution in [0, 0.1) is 5.41 Å². The molecule has 2 fully saturated rings. The smallest absolute Gasteiger partial charge is 0.241 e. The summed E-state index contributed by atoms with van der Waals surface area (Å²) in [5.41, 5.74) is 5.20. The van der Waals surface area contributed by atoms with E-state index in [0.29, 0.717) is 6.54 Å². The predicted molar refractivity (Wildman–Crippen MR) is 64.2 cm³/mol. The lowest BCUT2D eigenvalue weighted by atomic mass is 10.1. The van der Waals surface area contributed by atoms with Gasteiger partial charge in [0.05, 0.1) is 12.0 Å². The number of amides is 2. The van der Waals surface area contributed by atoms with Crippen molar-refractivity contribution in [3.8, 4) is 0 Å². The van der Waals surface area contributed by atoms with Crippen molar-refractivity contribution in [3.63, 3.8) is 0 Å². The highest BCUT2D eigenvalue weighted by Gasteiger charge is 2.48. The van der Waals surface area contributed by atoms with Crippen molar-refractivity contribution >= 4 is 11.8 Å². The molecule has 2 rings (SSSR count). The van der Waals surface area contributed by atoms with Gasteiger partial charge in [-0.15, -0.1) is 0 Å². The molecule has 1 saturated heterocycles. The number of nitrogens with zero attached hydrogens (tertiary/aromatic N) is 1. The maximum atomic E-state index is 11.8. The third kappa shape index (κ3) is 2.77. The van der Waals surface area contributed by atoms with Gasteiger partial charge >= 0.3 is 0 Å². The zero-order chi connectivity index (χ0) is 12.3. The van der Waals surface area contributed by atoms with Crippen molar-refractivity contribution in [3.05, 3.63) is 0 Å². The fourth-order valence-corrected chi connectivity index (χ4v) is 2.27. The van der Waals surface area contributed by atoms with Crippen molar-refractivity contribution in [2.24, 2.45) is 11.1 Å². The minimum atomic E-state index is -0.359. The maximum Gasteiger partial charge on any atom is 0.241 e. The molecule has 2 amide bonds. The van der Waals surface area contributed by atoms with Gasteiger partial charge in [-0.25, -0.2) is 0 Å². The lowest BCUT2D eigenvalue weighted by molar-refractivity contribution is -0.134. The molecule has 0 radical (unpaired) electrons. The summed E-state index contributed by atoms with van der Waals surface area (Å²) in [6.07, 6.45) is 5.06. The molecule has 0 aromatic rings. The van der Waals surface area contributed by atoms with Gasteiger partial charge in [0, 0.05) is 19.6 Å². The number of nitrogens with one attached hydrogen (secondary N) is 1. The van der Waals surface area contributed by atoms with E-state index in [4.69, 9.17) is 5.73 Å². The molecule has 0 aromatic carbocycles. The summed E-state index contributed by atoms with van der Waals surface area (Å²) in [5.74, 6) is -0.0174. The van der Waals surface area contributed by atoms with Gasteiger partial charge in [0.2, 0.25) is 11.8 Å². The summed E-state index contributed by atoms with van der Waals surface area (Å²) >= 11 is 0. The number of rotatable bonds is 4. The average molecular weight is 239 g/mol. The van der Waals surface area contributed by atoms with E-state index in [9.17, 15) is 9.59 Å². The second kappa shape index (κ2) is 5.04. The van der Waals surface area contributed by atoms with E-state index < -0.39 is 0 Å². The first kappa shape index (κ1) is 12.4. The van der Waals surface area contributed by atoms with E-state index in [0.717, 1.165) is 38.8 Å². The standard InChI is InChI=1S/C12H21N3O2/c13-9-12(4-5-12)11(17)14-8-10(16)15-6-2-1-3-7-15/h1-9,13H2,(H,14,17). The highest BCUT2D eigenvalue weighted by Crippen LogP contribution is 2.44. The van der Waals surface area contributed by atoms with Gasteiger partial charge in [-0.05, 0) is 32.1 Å². The number of hydrogen-bond donors (Lipinski definition) is 2. The van der Waals surface area contributed by atoms with Gasteiger partial charge in [0.1, 0.15) is 0 Å². The summed E-state index contributed by atoms with van der Waals surface area (Å²) < 4.78 is 0. The molecule has 0 aromatic heterocycles. The van der Waals surface area contributed by atoms with Crippen LogP contribution in [0.2, 0.25) is 0 Å². The van der Waals surface area contributed by atoms with E-state index in [1.165, 1.54) is 6.42 Å². The molecule has 96 valence electrons. The van der Waals surface area contributed by atoms with Crippen molar-refractivity contribution in [2.45, 2.75) is 32.1 Å². The lowest BCUT2D eigenvalue weighted by Crippen LogP contribution is -2.45. The average Bonchev–Trinajstić information content (AvgIpc) is 3.17. The van der Waals surface area contributed by atoms with Crippen LogP contribution < -0.4 is 11.1 Å². The van der Waals surface area contributed by atoms with Gasteiger partial charge in [0.15, 0.2) is 0 Å². The van der Waals surface area contributed by atoms with Crippen LogP contribution in [-0.2, 0) is 9.59 Å². The summed E-state index contributed by atoms with van der Waals surface area (Å²) in [6, 6.07) is 0. The Morgan fingerprint density at radius 2 is 1.82 bits per heavy atom. The Bertz CT molecular complexity index is 307. The topological polar surface area (TPSA) is 75.4 Å². The molecule has 3 N–H and O–H groups in total. The van der Waals surface area contributed by atoms with Crippen LogP contribution in [0.1, 0.15) is 32.1 Å². The predicted octanol–water partition coefficient (Wildman–Crippen LogP) is -0.146. The Balaban J connectivity index is 1.74. The van der Waals surface area contributed by atoms with Crippen LogP contribution in [0.3, 0.4) is 0 Å². The van der Waals surface area contributed by atoms with Crippen LogP contribution in [0.4, 0.5) is 0 Å². The molecule has 1 saturated carbocycles. The van der Waals surface area contributed by atoms with E-state index in [1.54, 1.807) is 0 Å². The molecule has 0 bridgehead atoms. The van der Waals surface area contributed by atoms with Crippen molar-refractivity contribution < 1.29 is 9.59 Å². The zero-order valence-corrected chi connectivity index (χ0v) is 10.2. The zero-order valence-electron chi connectivity index (χ0n) is 10.2. The lowest BCUT2D eigenvalue weighted by Gasteiger charge is -2.27. The molecule has 0 spiro atoms. The van der Waals surface area contributed by atoms with E-state index in [2.05, 4.69) is 5.32 Å². The second-order valence-corrected chi connectivity index (χ2v) is 5.11. The SMILES string of the molecule is NCC1(C(=O)NCC(=O)N2CCCCC2)CC1. The molecule has 2 aliphatic rings. The number of hydrogen-bond acceptors (Lipinski definition) is 3. The summed E-state index contributed by atoms with van der Waals surface area (Å²) in [5, 5.41) is 2.72. The Morgan fingerprint density at radius 1 is 1.18 bits per heavy atom.